The van der Waals surface area contributed by atoms with E-state index in [2.05, 4.69) is 5.32 Å². The van der Waals surface area contributed by atoms with Crippen molar-refractivity contribution in [2.45, 2.75) is 13.3 Å². The summed E-state index contributed by atoms with van der Waals surface area (Å²) >= 11 is 0. The summed E-state index contributed by atoms with van der Waals surface area (Å²) in [5.41, 5.74) is 3.30. The number of hydrogen-bond donors (Lipinski definition) is 1. The average Bonchev–Trinajstić information content (AvgIpc) is 2.99. The van der Waals surface area contributed by atoms with Gasteiger partial charge in [0.15, 0.2) is 0 Å². The van der Waals surface area contributed by atoms with Crippen LogP contribution in [0.4, 0.5) is 5.69 Å². The van der Waals surface area contributed by atoms with Crippen LogP contribution in [0.5, 0.6) is 0 Å². The second kappa shape index (κ2) is 8.92. The topological polar surface area (TPSA) is 90.0 Å². The summed E-state index contributed by atoms with van der Waals surface area (Å²) in [6.07, 6.45) is 0.384. The molecule has 1 saturated heterocycles. The number of nitrogens with one attached hydrogen (secondary N) is 1. The Bertz CT molecular complexity index is 1070. The zero-order valence-corrected chi connectivity index (χ0v) is 18.3. The average molecular weight is 434 g/mol. The number of fused-ring (bicyclic) bond motifs is 1. The number of imide groups is 1. The lowest BCUT2D eigenvalue weighted by molar-refractivity contribution is -0.132. The van der Waals surface area contributed by atoms with E-state index in [0.717, 1.165) is 10.5 Å². The molecular formula is C24H26N4O4. The first kappa shape index (κ1) is 21.7. The van der Waals surface area contributed by atoms with Crippen LogP contribution in [-0.2, 0) is 16.0 Å². The largest absolute Gasteiger partial charge is 0.340 e. The van der Waals surface area contributed by atoms with Crippen LogP contribution in [0.25, 0.3) is 0 Å². The van der Waals surface area contributed by atoms with Crippen molar-refractivity contribution >= 4 is 29.3 Å². The molecule has 0 aliphatic carbocycles. The van der Waals surface area contributed by atoms with Crippen LogP contribution >= 0.6 is 0 Å². The van der Waals surface area contributed by atoms with Gasteiger partial charge in [-0.15, -0.1) is 0 Å². The van der Waals surface area contributed by atoms with Gasteiger partial charge in [0, 0.05) is 38.9 Å². The lowest BCUT2D eigenvalue weighted by atomic mass is 10.1. The van der Waals surface area contributed by atoms with E-state index in [1.807, 2.05) is 41.0 Å². The first-order valence-electron chi connectivity index (χ1n) is 10.6. The molecule has 0 aromatic heterocycles. The number of anilines is 1. The molecule has 2 aromatic carbocycles. The van der Waals surface area contributed by atoms with Gasteiger partial charge in [-0.25, -0.2) is 0 Å². The molecule has 4 rings (SSSR count). The van der Waals surface area contributed by atoms with Crippen molar-refractivity contribution in [1.82, 2.24) is 14.7 Å². The van der Waals surface area contributed by atoms with Crippen molar-refractivity contribution in [1.29, 1.82) is 0 Å². The van der Waals surface area contributed by atoms with Crippen LogP contribution in [0.1, 0.15) is 31.8 Å². The fourth-order valence-electron chi connectivity index (χ4n) is 3.99. The Balaban J connectivity index is 1.26. The van der Waals surface area contributed by atoms with Crippen molar-refractivity contribution in [3.05, 3.63) is 64.7 Å². The Hall–Kier alpha value is -3.52. The van der Waals surface area contributed by atoms with Gasteiger partial charge in [0.25, 0.3) is 11.8 Å². The van der Waals surface area contributed by atoms with Gasteiger partial charge in [0.05, 0.1) is 24.1 Å². The third-order valence-corrected chi connectivity index (χ3v) is 5.94. The number of aryl methyl sites for hydroxylation is 1. The van der Waals surface area contributed by atoms with Gasteiger partial charge in [-0.05, 0) is 30.7 Å². The van der Waals surface area contributed by atoms with Gasteiger partial charge in [0.1, 0.15) is 0 Å². The molecule has 2 aliphatic heterocycles. The molecule has 0 unspecified atom stereocenters. The molecular weight excluding hydrogens is 408 g/mol. The molecule has 1 fully saturated rings. The predicted octanol–water partition coefficient (Wildman–Crippen LogP) is 1.55. The molecule has 4 amide bonds. The number of amides is 4. The van der Waals surface area contributed by atoms with E-state index in [4.69, 9.17) is 0 Å². The second-order valence-corrected chi connectivity index (χ2v) is 8.30. The van der Waals surface area contributed by atoms with Gasteiger partial charge in [0.2, 0.25) is 11.8 Å². The summed E-state index contributed by atoms with van der Waals surface area (Å²) in [5.74, 6) is -0.806. The van der Waals surface area contributed by atoms with Gasteiger partial charge in [-0.3, -0.25) is 29.0 Å². The van der Waals surface area contributed by atoms with Crippen LogP contribution in [0.2, 0.25) is 0 Å². The molecule has 8 nitrogen and oxygen atoms in total. The van der Waals surface area contributed by atoms with Crippen molar-refractivity contribution in [3.8, 4) is 0 Å². The fourth-order valence-corrected chi connectivity index (χ4v) is 3.99. The van der Waals surface area contributed by atoms with E-state index < -0.39 is 0 Å². The summed E-state index contributed by atoms with van der Waals surface area (Å²) < 4.78 is 0. The minimum atomic E-state index is -0.368. The Morgan fingerprint density at radius 3 is 2.25 bits per heavy atom. The highest BCUT2D eigenvalue weighted by atomic mass is 16.2. The summed E-state index contributed by atoms with van der Waals surface area (Å²) in [5, 5.41) is 2.80. The molecule has 32 heavy (non-hydrogen) atoms. The van der Waals surface area contributed by atoms with Crippen molar-refractivity contribution in [2.24, 2.45) is 0 Å². The highest BCUT2D eigenvalue weighted by Crippen LogP contribution is 2.24. The number of rotatable bonds is 5. The summed E-state index contributed by atoms with van der Waals surface area (Å²) in [6.45, 7) is 4.62. The van der Waals surface area contributed by atoms with Gasteiger partial charge in [-0.2, -0.15) is 0 Å². The number of carbonyl (C=O) groups excluding carboxylic acids is 4. The van der Waals surface area contributed by atoms with Gasteiger partial charge in [-0.1, -0.05) is 29.8 Å². The lowest BCUT2D eigenvalue weighted by Crippen LogP contribution is -2.50. The Morgan fingerprint density at radius 2 is 1.56 bits per heavy atom. The molecule has 0 bridgehead atoms. The lowest BCUT2D eigenvalue weighted by Gasteiger charge is -2.34. The zero-order chi connectivity index (χ0) is 22.8. The van der Waals surface area contributed by atoms with E-state index in [9.17, 15) is 19.2 Å². The molecule has 0 saturated carbocycles. The SMILES string of the molecule is Cc1ccc(CC(=O)N2CCN(CC(=O)Nc3ccc4c(c3)C(=O)N(C)C4=O)CC2)cc1. The maximum atomic E-state index is 12.6. The molecule has 0 atom stereocenters. The summed E-state index contributed by atoms with van der Waals surface area (Å²) in [7, 11) is 1.44. The predicted molar refractivity (Wildman–Crippen MR) is 119 cm³/mol. The van der Waals surface area contributed by atoms with E-state index in [0.29, 0.717) is 49.4 Å². The maximum absolute atomic E-state index is 12.6. The van der Waals surface area contributed by atoms with Crippen molar-refractivity contribution in [3.63, 3.8) is 0 Å². The molecule has 8 heteroatoms. The van der Waals surface area contributed by atoms with Crippen LogP contribution in [-0.4, -0.2) is 78.1 Å². The number of piperazine rings is 1. The number of nitrogens with zero attached hydrogens (tertiary/aromatic N) is 3. The van der Waals surface area contributed by atoms with Crippen LogP contribution in [0.15, 0.2) is 42.5 Å². The molecule has 1 N–H and O–H groups in total. The fraction of sp³-hybridized carbons (Fsp3) is 0.333. The van der Waals surface area contributed by atoms with Crippen molar-refractivity contribution in [2.75, 3.05) is 45.1 Å². The third-order valence-electron chi connectivity index (χ3n) is 5.94. The zero-order valence-electron chi connectivity index (χ0n) is 18.3. The Kier molecular flexibility index (Phi) is 6.05. The summed E-state index contributed by atoms with van der Waals surface area (Å²) in [4.78, 5) is 54.1. The Morgan fingerprint density at radius 1 is 0.906 bits per heavy atom. The van der Waals surface area contributed by atoms with E-state index in [1.54, 1.807) is 18.2 Å². The number of benzene rings is 2. The highest BCUT2D eigenvalue weighted by molar-refractivity contribution is 6.21. The third kappa shape index (κ3) is 4.55. The van der Waals surface area contributed by atoms with Crippen molar-refractivity contribution < 1.29 is 19.2 Å². The number of carbonyl (C=O) groups is 4. The minimum Gasteiger partial charge on any atom is -0.340 e. The highest BCUT2D eigenvalue weighted by Gasteiger charge is 2.33. The standard InChI is InChI=1S/C24H26N4O4/c1-16-3-5-17(6-4-16)13-22(30)28-11-9-27(10-12-28)15-21(29)25-18-7-8-19-20(14-18)24(32)26(2)23(19)31/h3-8,14H,9-13,15H2,1-2H3,(H,25,29). The second-order valence-electron chi connectivity index (χ2n) is 8.30. The Labute approximate surface area is 186 Å². The van der Waals surface area contributed by atoms with E-state index in [-0.39, 0.29) is 30.2 Å². The molecule has 2 aliphatic rings. The molecule has 0 radical (unpaired) electrons. The minimum absolute atomic E-state index is 0.0975. The maximum Gasteiger partial charge on any atom is 0.261 e. The quantitative estimate of drug-likeness (QED) is 0.721. The molecule has 166 valence electrons. The van der Waals surface area contributed by atoms with Crippen LogP contribution in [0.3, 0.4) is 0 Å². The molecule has 2 aromatic rings. The van der Waals surface area contributed by atoms with Gasteiger partial charge >= 0.3 is 0 Å². The smallest absolute Gasteiger partial charge is 0.261 e. The summed E-state index contributed by atoms with van der Waals surface area (Å²) in [6, 6.07) is 12.7. The van der Waals surface area contributed by atoms with E-state index >= 15 is 0 Å². The molecule has 0 spiro atoms. The molecule has 2 heterocycles. The normalized spacial score (nSPS) is 16.3. The number of hydrogen-bond acceptors (Lipinski definition) is 5. The first-order valence-corrected chi connectivity index (χ1v) is 10.6. The van der Waals surface area contributed by atoms with E-state index in [1.165, 1.54) is 12.6 Å². The van der Waals surface area contributed by atoms with Crippen LogP contribution in [0, 0.1) is 6.92 Å². The first-order chi connectivity index (χ1) is 15.3. The van der Waals surface area contributed by atoms with Gasteiger partial charge < -0.3 is 10.2 Å². The monoisotopic (exact) mass is 434 g/mol. The van der Waals surface area contributed by atoms with Crippen LogP contribution < -0.4 is 5.32 Å².